The molecule has 8 heteroatoms. The van der Waals surface area contributed by atoms with Crippen molar-refractivity contribution in [2.45, 2.75) is 69.9 Å². The number of alkyl halides is 3. The molecule has 2 aliphatic heterocycles. The standard InChI is InChI=1S/C13H19F3N2O3/c1-12(2,3)21-11(20)18-7-4-5-9(18)8(6-7)17-10(19)13(14,15)16/h7-9H,4-6H2,1-3H3,(H,17,19)/t7-,8+,9+/m1/s1. The highest BCUT2D eigenvalue weighted by atomic mass is 19.4. The molecule has 2 aliphatic rings. The predicted octanol–water partition coefficient (Wildman–Crippen LogP) is 2.21. The maximum Gasteiger partial charge on any atom is 0.471 e. The molecule has 1 N–H and O–H groups in total. The third-order valence-corrected chi connectivity index (χ3v) is 3.72. The molecule has 2 heterocycles. The number of carbonyl (C=O) groups excluding carboxylic acids is 2. The topological polar surface area (TPSA) is 58.6 Å². The van der Waals surface area contributed by atoms with Crippen LogP contribution in [0.1, 0.15) is 40.0 Å². The predicted molar refractivity (Wildman–Crippen MR) is 67.5 cm³/mol. The summed E-state index contributed by atoms with van der Waals surface area (Å²) in [6.45, 7) is 5.18. The smallest absolute Gasteiger partial charge is 0.444 e. The quantitative estimate of drug-likeness (QED) is 0.808. The van der Waals surface area contributed by atoms with Crippen molar-refractivity contribution in [3.63, 3.8) is 0 Å². The Morgan fingerprint density at radius 2 is 1.81 bits per heavy atom. The zero-order valence-corrected chi connectivity index (χ0v) is 12.2. The van der Waals surface area contributed by atoms with E-state index in [1.807, 2.05) is 5.32 Å². The third kappa shape index (κ3) is 3.41. The molecule has 0 saturated carbocycles. The molecule has 5 nitrogen and oxygen atoms in total. The number of ether oxygens (including phenoxy) is 1. The van der Waals surface area contributed by atoms with Crippen molar-refractivity contribution in [2.75, 3.05) is 0 Å². The molecular formula is C13H19F3N2O3. The number of halogens is 3. The second kappa shape index (κ2) is 5.06. The number of hydrogen-bond acceptors (Lipinski definition) is 3. The molecule has 0 spiro atoms. The zero-order valence-electron chi connectivity index (χ0n) is 12.2. The largest absolute Gasteiger partial charge is 0.471 e. The van der Waals surface area contributed by atoms with Gasteiger partial charge in [-0.15, -0.1) is 0 Å². The van der Waals surface area contributed by atoms with E-state index in [-0.39, 0.29) is 6.04 Å². The summed E-state index contributed by atoms with van der Waals surface area (Å²) in [5, 5.41) is 1.98. The summed E-state index contributed by atoms with van der Waals surface area (Å²) in [5.74, 6) is -1.95. The minimum Gasteiger partial charge on any atom is -0.444 e. The lowest BCUT2D eigenvalue weighted by Gasteiger charge is -2.28. The lowest BCUT2D eigenvalue weighted by atomic mass is 9.95. The highest BCUT2D eigenvalue weighted by Crippen LogP contribution is 2.39. The van der Waals surface area contributed by atoms with Gasteiger partial charge in [0.05, 0.1) is 12.1 Å². The van der Waals surface area contributed by atoms with E-state index in [1.165, 1.54) is 4.90 Å². The van der Waals surface area contributed by atoms with Crippen LogP contribution in [-0.2, 0) is 9.53 Å². The van der Waals surface area contributed by atoms with Crippen molar-refractivity contribution in [3.8, 4) is 0 Å². The summed E-state index contributed by atoms with van der Waals surface area (Å²) in [6, 6.07) is -1.25. The van der Waals surface area contributed by atoms with Gasteiger partial charge in [-0.05, 0) is 40.0 Å². The fourth-order valence-corrected chi connectivity index (χ4v) is 2.99. The van der Waals surface area contributed by atoms with Crippen LogP contribution in [0.4, 0.5) is 18.0 Å². The summed E-state index contributed by atoms with van der Waals surface area (Å²) >= 11 is 0. The Labute approximate surface area is 120 Å². The van der Waals surface area contributed by atoms with Crippen LogP contribution in [0.2, 0.25) is 0 Å². The number of carbonyl (C=O) groups is 2. The molecule has 120 valence electrons. The van der Waals surface area contributed by atoms with Gasteiger partial charge in [0.25, 0.3) is 0 Å². The molecule has 21 heavy (non-hydrogen) atoms. The first kappa shape index (κ1) is 15.9. The maximum absolute atomic E-state index is 12.3. The van der Waals surface area contributed by atoms with Crippen LogP contribution in [0.5, 0.6) is 0 Å². The molecule has 0 radical (unpaired) electrons. The van der Waals surface area contributed by atoms with Crippen LogP contribution in [0.25, 0.3) is 0 Å². The molecule has 0 unspecified atom stereocenters. The summed E-state index contributed by atoms with van der Waals surface area (Å²) in [7, 11) is 0. The van der Waals surface area contributed by atoms with Crippen molar-refractivity contribution < 1.29 is 27.5 Å². The molecule has 2 amide bonds. The lowest BCUT2D eigenvalue weighted by molar-refractivity contribution is -0.174. The molecule has 0 aromatic rings. The number of hydrogen-bond donors (Lipinski definition) is 1. The monoisotopic (exact) mass is 308 g/mol. The molecule has 0 aliphatic carbocycles. The number of amides is 2. The highest BCUT2D eigenvalue weighted by Gasteiger charge is 2.52. The van der Waals surface area contributed by atoms with Crippen molar-refractivity contribution >= 4 is 12.0 Å². The Morgan fingerprint density at radius 1 is 1.19 bits per heavy atom. The minimum atomic E-state index is -4.90. The number of nitrogens with zero attached hydrogens (tertiary/aromatic N) is 1. The number of fused-ring (bicyclic) bond motifs is 2. The molecule has 0 aromatic heterocycles. The molecule has 2 bridgehead atoms. The van der Waals surface area contributed by atoms with Crippen LogP contribution < -0.4 is 5.32 Å². The van der Waals surface area contributed by atoms with Crippen LogP contribution in [0.3, 0.4) is 0 Å². The van der Waals surface area contributed by atoms with E-state index in [9.17, 15) is 22.8 Å². The molecule has 2 rings (SSSR count). The molecule has 0 aromatic carbocycles. The van der Waals surface area contributed by atoms with Crippen molar-refractivity contribution in [1.29, 1.82) is 0 Å². The van der Waals surface area contributed by atoms with E-state index in [2.05, 4.69) is 0 Å². The van der Waals surface area contributed by atoms with Crippen LogP contribution in [0, 0.1) is 0 Å². The van der Waals surface area contributed by atoms with Crippen LogP contribution >= 0.6 is 0 Å². The first-order valence-electron chi connectivity index (χ1n) is 6.88. The van der Waals surface area contributed by atoms with Crippen LogP contribution in [-0.4, -0.2) is 46.8 Å². The average Bonchev–Trinajstić information content (AvgIpc) is 2.82. The van der Waals surface area contributed by atoms with E-state index in [1.54, 1.807) is 20.8 Å². The lowest BCUT2D eigenvalue weighted by Crippen LogP contribution is -2.49. The summed E-state index contributed by atoms with van der Waals surface area (Å²) < 4.78 is 42.2. The van der Waals surface area contributed by atoms with Gasteiger partial charge in [-0.25, -0.2) is 4.79 Å². The van der Waals surface area contributed by atoms with Gasteiger partial charge in [-0.3, -0.25) is 4.79 Å². The van der Waals surface area contributed by atoms with Gasteiger partial charge in [-0.1, -0.05) is 0 Å². The fraction of sp³-hybridized carbons (Fsp3) is 0.846. The summed E-state index contributed by atoms with van der Waals surface area (Å²) in [6.07, 6.45) is -3.79. The van der Waals surface area contributed by atoms with Gasteiger partial charge in [0.1, 0.15) is 5.60 Å². The van der Waals surface area contributed by atoms with Gasteiger partial charge < -0.3 is 15.0 Å². The first-order chi connectivity index (χ1) is 9.49. The van der Waals surface area contributed by atoms with Crippen molar-refractivity contribution in [2.24, 2.45) is 0 Å². The van der Waals surface area contributed by atoms with E-state index >= 15 is 0 Å². The first-order valence-corrected chi connectivity index (χ1v) is 6.88. The summed E-state index contributed by atoms with van der Waals surface area (Å²) in [4.78, 5) is 24.6. The molecule has 2 fully saturated rings. The van der Waals surface area contributed by atoms with E-state index in [4.69, 9.17) is 4.74 Å². The Bertz CT molecular complexity index is 445. The van der Waals surface area contributed by atoms with Gasteiger partial charge >= 0.3 is 18.2 Å². The van der Waals surface area contributed by atoms with Gasteiger partial charge in [0.2, 0.25) is 0 Å². The molecule has 3 atom stereocenters. The number of rotatable bonds is 1. The van der Waals surface area contributed by atoms with Crippen molar-refractivity contribution in [1.82, 2.24) is 10.2 Å². The zero-order chi connectivity index (χ0) is 16.0. The van der Waals surface area contributed by atoms with Gasteiger partial charge in [-0.2, -0.15) is 13.2 Å². The second-order valence-corrected chi connectivity index (χ2v) is 6.50. The Balaban J connectivity index is 2.02. The SMILES string of the molecule is CC(C)(C)OC(=O)N1[C@@H]2CC[C@H]1[C@@H](NC(=O)C(F)(F)F)C2. The summed E-state index contributed by atoms with van der Waals surface area (Å²) in [5.41, 5.74) is -0.663. The second-order valence-electron chi connectivity index (χ2n) is 6.50. The normalized spacial score (nSPS) is 28.7. The van der Waals surface area contributed by atoms with E-state index in [0.29, 0.717) is 12.8 Å². The maximum atomic E-state index is 12.3. The Morgan fingerprint density at radius 3 is 2.33 bits per heavy atom. The molecule has 2 saturated heterocycles. The fourth-order valence-electron chi connectivity index (χ4n) is 2.99. The van der Waals surface area contributed by atoms with E-state index < -0.39 is 35.9 Å². The van der Waals surface area contributed by atoms with Crippen LogP contribution in [0.15, 0.2) is 0 Å². The van der Waals surface area contributed by atoms with Gasteiger partial charge in [0, 0.05) is 6.04 Å². The third-order valence-electron chi connectivity index (χ3n) is 3.72. The average molecular weight is 308 g/mol. The Hall–Kier alpha value is -1.47. The number of nitrogens with one attached hydrogen (secondary N) is 1. The van der Waals surface area contributed by atoms with Gasteiger partial charge in [0.15, 0.2) is 0 Å². The highest BCUT2D eigenvalue weighted by molar-refractivity contribution is 5.82. The van der Waals surface area contributed by atoms with E-state index in [0.717, 1.165) is 6.42 Å². The van der Waals surface area contributed by atoms with Crippen molar-refractivity contribution in [3.05, 3.63) is 0 Å². The Kier molecular flexibility index (Phi) is 3.84. The minimum absolute atomic E-state index is 0.164. The molecular weight excluding hydrogens is 289 g/mol.